The molecule has 0 amide bonds. The van der Waals surface area contributed by atoms with E-state index in [0.29, 0.717) is 0 Å². The van der Waals surface area contributed by atoms with E-state index in [1.165, 1.54) is 0 Å². The highest BCUT2D eigenvalue weighted by Crippen LogP contribution is 1.87. The lowest BCUT2D eigenvalue weighted by atomic mass is 11.6. The first-order valence-electron chi connectivity index (χ1n) is 0.655. The molecule has 34 valence electrons. The molecule has 0 rings (SSSR count). The highest BCUT2D eigenvalue weighted by molar-refractivity contribution is 8.93. The van der Waals surface area contributed by atoms with Crippen LogP contribution in [-0.2, 0) is 0 Å². The quantitative estimate of drug-likeness (QED) is 0.494. The molecule has 0 aliphatic rings. The largest absolute Gasteiger partial charge is 0.379 e. The topological polar surface area (TPSA) is 0 Å². The lowest BCUT2D eigenvalue weighted by Gasteiger charge is -1.65. The smallest absolute Gasteiger partial charge is 0.174 e. The Hall–Kier alpha value is 0.270. The molecule has 0 aliphatic carbocycles. The van der Waals surface area contributed by atoms with Gasteiger partial charge in [0.05, 0.1) is 0 Å². The second kappa shape index (κ2) is 4.27. The zero-order valence-electron chi connectivity index (χ0n) is 2.12. The summed E-state index contributed by atoms with van der Waals surface area (Å²) in [6.07, 6.45) is 0. The first kappa shape index (κ1) is 8.99. The third-order valence-electron chi connectivity index (χ3n) is 0. The van der Waals surface area contributed by atoms with Crippen LogP contribution in [0.25, 0.3) is 0 Å². The van der Waals surface area contributed by atoms with Gasteiger partial charge in [-0.25, -0.2) is 0 Å². The van der Waals surface area contributed by atoms with Gasteiger partial charge in [-0.3, -0.25) is 0 Å². The van der Waals surface area contributed by atoms with Crippen molar-refractivity contribution in [3.8, 4) is 0 Å². The van der Waals surface area contributed by atoms with Crippen LogP contribution < -0.4 is 0 Å². The van der Waals surface area contributed by atoms with Crippen LogP contribution in [0.2, 0.25) is 0 Å². The van der Waals surface area contributed by atoms with Crippen molar-refractivity contribution in [2.45, 2.75) is 6.68 Å². The third kappa shape index (κ3) is 302. The van der Waals surface area contributed by atoms with E-state index >= 15 is 0 Å². The summed E-state index contributed by atoms with van der Waals surface area (Å²) in [4.78, 5) is 0. The Labute approximate surface area is 37.7 Å². The second-order valence-electron chi connectivity index (χ2n) is 0.247. The molecule has 0 nitrogen and oxygen atoms in total. The van der Waals surface area contributed by atoms with Gasteiger partial charge in [0.25, 0.3) is 0 Å². The molecule has 0 aromatic heterocycles. The zero-order chi connectivity index (χ0) is 3.58. The van der Waals surface area contributed by atoms with Gasteiger partial charge in [0, 0.05) is 0 Å². The van der Waals surface area contributed by atoms with E-state index < -0.39 is 6.68 Å². The summed E-state index contributed by atoms with van der Waals surface area (Å²) in [6.45, 7) is -3.67. The second-order valence-corrected chi connectivity index (χ2v) is 0.247. The van der Waals surface area contributed by atoms with Crippen molar-refractivity contribution in [3.63, 3.8) is 0 Å². The fourth-order valence-electron chi connectivity index (χ4n) is 0. The molecule has 0 aliphatic heterocycles. The predicted octanol–water partition coefficient (Wildman–Crippen LogP) is 1.76. The molecule has 0 saturated heterocycles. The van der Waals surface area contributed by atoms with Gasteiger partial charge in [-0.05, 0) is 0 Å². The van der Waals surface area contributed by atoms with Crippen molar-refractivity contribution in [2.24, 2.45) is 0 Å². The molecule has 4 heteroatoms. The molecule has 0 heterocycles. The maximum Gasteiger partial charge on any atom is 0.379 e. The Bertz CT molecular complexity index is 11.6. The van der Waals surface area contributed by atoms with Crippen LogP contribution in [-0.4, -0.2) is 6.68 Å². The Morgan fingerprint density at radius 3 is 1.00 bits per heavy atom. The van der Waals surface area contributed by atoms with Gasteiger partial charge >= 0.3 is 6.68 Å². The predicted molar refractivity (Wildman–Crippen MR) is 17.4 cm³/mol. The minimum atomic E-state index is -3.67. The van der Waals surface area contributed by atoms with Crippen molar-refractivity contribution in [3.05, 3.63) is 0 Å². The molecule has 0 aromatic carbocycles. The van der Waals surface area contributed by atoms with E-state index in [4.69, 9.17) is 0 Å². The van der Waals surface area contributed by atoms with Crippen molar-refractivity contribution in [2.75, 3.05) is 0 Å². The van der Waals surface area contributed by atoms with Crippen molar-refractivity contribution in [1.82, 2.24) is 0 Å². The summed E-state index contributed by atoms with van der Waals surface area (Å²) in [7, 11) is 0. The monoisotopic (exact) mass is 150 g/mol. The fraction of sp³-hybridized carbons (Fsp3) is 1.00. The molecule has 0 atom stereocenters. The summed E-state index contributed by atoms with van der Waals surface area (Å²) >= 11 is 0. The minimum Gasteiger partial charge on any atom is -0.174 e. The van der Waals surface area contributed by atoms with E-state index in [2.05, 4.69) is 0 Å². The summed E-state index contributed by atoms with van der Waals surface area (Å²) in [5.74, 6) is 0. The normalized spacial score (nSPS) is 7.20. The number of hydrogen-bond acceptors (Lipinski definition) is 0. The molecule has 0 spiro atoms. The van der Waals surface area contributed by atoms with Crippen LogP contribution >= 0.6 is 17.0 Å². The van der Waals surface area contributed by atoms with Crippen molar-refractivity contribution >= 4 is 17.0 Å². The number of alkyl halides is 3. The van der Waals surface area contributed by atoms with Crippen LogP contribution in [0.3, 0.4) is 0 Å². The van der Waals surface area contributed by atoms with Gasteiger partial charge in [-0.2, -0.15) is 13.2 Å². The van der Waals surface area contributed by atoms with Gasteiger partial charge in [0.1, 0.15) is 0 Å². The zero-order valence-corrected chi connectivity index (χ0v) is 3.83. The van der Waals surface area contributed by atoms with Gasteiger partial charge in [-0.1, -0.05) is 0 Å². The molecule has 0 aromatic rings. The average Bonchev–Trinajstić information content (AvgIpc) is 0.811. The molecular formula is CH2BrF3. The molecule has 0 unspecified atom stereocenters. The maximum absolute atomic E-state index is 9.67. The van der Waals surface area contributed by atoms with E-state index in [9.17, 15) is 13.2 Å². The van der Waals surface area contributed by atoms with E-state index in [0.717, 1.165) is 0 Å². The van der Waals surface area contributed by atoms with Crippen molar-refractivity contribution in [1.29, 1.82) is 0 Å². The molecule has 0 fully saturated rings. The average molecular weight is 151 g/mol. The summed E-state index contributed by atoms with van der Waals surface area (Å²) < 4.78 is 29.0. The number of hydrogen-bond donors (Lipinski definition) is 0. The first-order chi connectivity index (χ1) is 1.73. The minimum absolute atomic E-state index is 0. The Kier molecular flexibility index (Phi) is 7.67. The Morgan fingerprint density at radius 2 is 1.00 bits per heavy atom. The molecule has 0 radical (unpaired) electrons. The van der Waals surface area contributed by atoms with E-state index in [1.54, 1.807) is 0 Å². The Morgan fingerprint density at radius 1 is 1.00 bits per heavy atom. The number of halogens is 4. The third-order valence-corrected chi connectivity index (χ3v) is 0. The maximum atomic E-state index is 9.67. The van der Waals surface area contributed by atoms with Crippen LogP contribution in [0.15, 0.2) is 0 Å². The standard InChI is InChI=1S/CHF3.BrH/c2-1(3)4;/h1H;1H. The lowest BCUT2D eigenvalue weighted by molar-refractivity contribution is 0.00819. The molecular weight excluding hydrogens is 149 g/mol. The van der Waals surface area contributed by atoms with Crippen LogP contribution in [0.4, 0.5) is 13.2 Å². The first-order valence-corrected chi connectivity index (χ1v) is 0.655. The van der Waals surface area contributed by atoms with Gasteiger partial charge in [0.15, 0.2) is 0 Å². The summed E-state index contributed by atoms with van der Waals surface area (Å²) in [5.41, 5.74) is 0. The van der Waals surface area contributed by atoms with Crippen LogP contribution in [0.1, 0.15) is 0 Å². The van der Waals surface area contributed by atoms with Crippen LogP contribution in [0.5, 0.6) is 0 Å². The van der Waals surface area contributed by atoms with Crippen molar-refractivity contribution < 1.29 is 13.2 Å². The summed E-state index contributed by atoms with van der Waals surface area (Å²) in [6, 6.07) is 0. The highest BCUT2D eigenvalue weighted by Gasteiger charge is 1.86. The SMILES string of the molecule is Br.FC(F)F. The number of rotatable bonds is 0. The fourth-order valence-corrected chi connectivity index (χ4v) is 0. The molecule has 5 heavy (non-hydrogen) atoms. The molecule has 0 saturated carbocycles. The van der Waals surface area contributed by atoms with E-state index in [1.807, 2.05) is 0 Å². The Balaban J connectivity index is 0. The highest BCUT2D eigenvalue weighted by atomic mass is 79.9. The van der Waals surface area contributed by atoms with E-state index in [-0.39, 0.29) is 17.0 Å². The lowest BCUT2D eigenvalue weighted by Crippen LogP contribution is -1.65. The molecule has 0 bridgehead atoms. The van der Waals surface area contributed by atoms with Gasteiger partial charge in [-0.15, -0.1) is 17.0 Å². The van der Waals surface area contributed by atoms with Gasteiger partial charge in [0.2, 0.25) is 0 Å². The molecule has 0 N–H and O–H groups in total. The summed E-state index contributed by atoms with van der Waals surface area (Å²) in [5, 5.41) is 0. The van der Waals surface area contributed by atoms with Crippen LogP contribution in [0, 0.1) is 0 Å². The van der Waals surface area contributed by atoms with Gasteiger partial charge < -0.3 is 0 Å².